The van der Waals surface area contributed by atoms with Gasteiger partial charge in [-0.3, -0.25) is 9.97 Å². The minimum atomic E-state index is -2.36. The van der Waals surface area contributed by atoms with Crippen molar-refractivity contribution < 1.29 is 18.3 Å². The number of rotatable bonds is 10. The fourth-order valence-electron chi connectivity index (χ4n) is 5.00. The van der Waals surface area contributed by atoms with E-state index in [4.69, 9.17) is 29.9 Å². The maximum atomic E-state index is 9.68. The second-order valence-corrected chi connectivity index (χ2v) is 10.4. The van der Waals surface area contributed by atoms with Gasteiger partial charge in [0.15, 0.2) is 0 Å². The summed E-state index contributed by atoms with van der Waals surface area (Å²) in [6, 6.07) is 4.71. The van der Waals surface area contributed by atoms with Crippen molar-refractivity contribution in [1.29, 1.82) is 5.26 Å². The maximum Gasteiger partial charge on any atom is 0.232 e. The number of pyridine rings is 1. The van der Waals surface area contributed by atoms with E-state index >= 15 is 0 Å². The summed E-state index contributed by atoms with van der Waals surface area (Å²) in [5.41, 5.74) is 1.72. The predicted octanol–water partition coefficient (Wildman–Crippen LogP) is 4.62. The molecule has 1 aliphatic heterocycles. The Bertz CT molecular complexity index is 1130. The van der Waals surface area contributed by atoms with Crippen molar-refractivity contribution in [2.75, 3.05) is 33.5 Å². The molecule has 1 atom stereocenters. The summed E-state index contributed by atoms with van der Waals surface area (Å²) in [6.45, 7) is 3.46. The van der Waals surface area contributed by atoms with Crippen LogP contribution in [0, 0.1) is 22.7 Å². The Balaban J connectivity index is 1.32. The van der Waals surface area contributed by atoms with Crippen molar-refractivity contribution >= 4 is 11.6 Å². The van der Waals surface area contributed by atoms with E-state index in [1.54, 1.807) is 18.6 Å². The summed E-state index contributed by atoms with van der Waals surface area (Å²) in [7, 11) is -2.36. The van der Waals surface area contributed by atoms with Crippen LogP contribution in [-0.2, 0) is 15.9 Å². The van der Waals surface area contributed by atoms with Crippen LogP contribution in [0.3, 0.4) is 0 Å². The van der Waals surface area contributed by atoms with Gasteiger partial charge in [-0.1, -0.05) is 11.6 Å². The molecule has 1 saturated heterocycles. The SMILES string of the molecule is [2H]C([2H])([2H])OCC(C)NC1CCC(Cc2cc(-c3cncc(OCC4(C#N)CCOCC4)n3)c(Cl)cn2)CC1. The number of halogens is 1. The number of nitriles is 1. The highest BCUT2D eigenvalue weighted by atomic mass is 35.5. The molecule has 9 heteroatoms. The molecule has 0 radical (unpaired) electrons. The molecule has 4 rings (SSSR count). The number of hydrogen-bond acceptors (Lipinski definition) is 8. The van der Waals surface area contributed by atoms with Gasteiger partial charge in [-0.2, -0.15) is 5.26 Å². The molecule has 8 nitrogen and oxygen atoms in total. The largest absolute Gasteiger partial charge is 0.475 e. The van der Waals surface area contributed by atoms with Gasteiger partial charge in [-0.05, 0) is 63.9 Å². The minimum absolute atomic E-state index is 0.0181. The summed E-state index contributed by atoms with van der Waals surface area (Å²) in [5.74, 6) is 0.855. The smallest absolute Gasteiger partial charge is 0.232 e. The van der Waals surface area contributed by atoms with Crippen molar-refractivity contribution in [1.82, 2.24) is 20.3 Å². The van der Waals surface area contributed by atoms with Crippen LogP contribution in [0.15, 0.2) is 24.7 Å². The number of nitrogens with one attached hydrogen (secondary N) is 1. The van der Waals surface area contributed by atoms with Gasteiger partial charge >= 0.3 is 0 Å². The van der Waals surface area contributed by atoms with E-state index in [9.17, 15) is 5.26 Å². The van der Waals surface area contributed by atoms with Gasteiger partial charge in [0.25, 0.3) is 0 Å². The van der Waals surface area contributed by atoms with E-state index in [1.165, 1.54) is 0 Å². The predicted molar refractivity (Wildman–Crippen MR) is 138 cm³/mol. The first-order valence-electron chi connectivity index (χ1n) is 14.1. The molecule has 3 heterocycles. The summed E-state index contributed by atoms with van der Waals surface area (Å²) in [5, 5.41) is 13.7. The topological polar surface area (TPSA) is 102 Å². The van der Waals surface area contributed by atoms with Crippen molar-refractivity contribution in [2.24, 2.45) is 11.3 Å². The molecule has 1 aliphatic carbocycles. The third kappa shape index (κ3) is 7.13. The van der Waals surface area contributed by atoms with Gasteiger partial charge in [0, 0.05) is 49.8 Å². The van der Waals surface area contributed by atoms with E-state index in [0.29, 0.717) is 54.6 Å². The second-order valence-electron chi connectivity index (χ2n) is 9.99. The third-order valence-electron chi connectivity index (χ3n) is 7.18. The van der Waals surface area contributed by atoms with Gasteiger partial charge in [0.2, 0.25) is 5.88 Å². The van der Waals surface area contributed by atoms with Crippen molar-refractivity contribution in [3.05, 3.63) is 35.4 Å². The van der Waals surface area contributed by atoms with E-state index < -0.39 is 12.5 Å². The molecular formula is C27H36ClN5O3. The van der Waals surface area contributed by atoms with E-state index in [2.05, 4.69) is 26.3 Å². The van der Waals surface area contributed by atoms with Gasteiger partial charge in [0.1, 0.15) is 6.61 Å². The molecule has 2 aliphatic rings. The Labute approximate surface area is 223 Å². The number of nitrogens with zero attached hydrogens (tertiary/aromatic N) is 4. The monoisotopic (exact) mass is 516 g/mol. The molecule has 0 spiro atoms. The highest BCUT2D eigenvalue weighted by Gasteiger charge is 2.34. The van der Waals surface area contributed by atoms with E-state index in [1.807, 2.05) is 13.0 Å². The molecule has 2 aromatic rings. The number of aromatic nitrogens is 3. The van der Waals surface area contributed by atoms with Crippen LogP contribution in [0.2, 0.25) is 5.02 Å². The van der Waals surface area contributed by atoms with Gasteiger partial charge < -0.3 is 19.5 Å². The van der Waals surface area contributed by atoms with Gasteiger partial charge in [-0.25, -0.2) is 4.98 Å². The molecule has 194 valence electrons. The lowest BCUT2D eigenvalue weighted by Gasteiger charge is -2.31. The number of hydrogen-bond donors (Lipinski definition) is 1. The highest BCUT2D eigenvalue weighted by molar-refractivity contribution is 6.33. The zero-order valence-corrected chi connectivity index (χ0v) is 21.5. The van der Waals surface area contributed by atoms with Crippen LogP contribution < -0.4 is 10.1 Å². The zero-order valence-electron chi connectivity index (χ0n) is 23.7. The molecular weight excluding hydrogens is 478 g/mol. The first-order valence-corrected chi connectivity index (χ1v) is 13.0. The van der Waals surface area contributed by atoms with Crippen molar-refractivity contribution in [3.63, 3.8) is 0 Å². The number of ether oxygens (including phenoxy) is 3. The zero-order chi connectivity index (χ0) is 27.9. The van der Waals surface area contributed by atoms with Gasteiger partial charge in [-0.15, -0.1) is 0 Å². The molecule has 1 unspecified atom stereocenters. The summed E-state index contributed by atoms with van der Waals surface area (Å²) < 4.78 is 37.8. The highest BCUT2D eigenvalue weighted by Crippen LogP contribution is 2.33. The van der Waals surface area contributed by atoms with Crippen LogP contribution in [0.1, 0.15) is 55.3 Å². The van der Waals surface area contributed by atoms with Crippen LogP contribution in [-0.4, -0.2) is 60.5 Å². The molecule has 1 saturated carbocycles. The van der Waals surface area contributed by atoms with Crippen LogP contribution >= 0.6 is 11.6 Å². The third-order valence-corrected chi connectivity index (χ3v) is 7.48. The Morgan fingerprint density at radius 3 is 2.83 bits per heavy atom. The van der Waals surface area contributed by atoms with E-state index in [-0.39, 0.29) is 19.3 Å². The average molecular weight is 517 g/mol. The normalized spacial score (nSPS) is 24.1. The molecule has 2 fully saturated rings. The Hall–Kier alpha value is -2.31. The number of methoxy groups -OCH3 is 1. The molecule has 0 aromatic carbocycles. The van der Waals surface area contributed by atoms with Crippen LogP contribution in [0.25, 0.3) is 11.3 Å². The molecule has 0 bridgehead atoms. The maximum absolute atomic E-state index is 9.68. The molecule has 2 aromatic heterocycles. The standard InChI is InChI=1S/C27H36ClN5O3/c1-19(16-34-2)32-21-5-3-20(4-6-21)11-22-12-23(24(28)13-31-22)25-14-30-15-26(33-25)36-18-27(17-29)7-9-35-10-8-27/h12-15,19-21,32H,3-11,16,18H2,1-2H3/i2D3. The first-order chi connectivity index (χ1) is 18.6. The molecule has 36 heavy (non-hydrogen) atoms. The fraction of sp³-hybridized carbons (Fsp3) is 0.630. The van der Waals surface area contributed by atoms with E-state index in [0.717, 1.165) is 43.4 Å². The Kier molecular flexibility index (Phi) is 8.11. The summed E-state index contributed by atoms with van der Waals surface area (Å²) in [6.07, 6.45) is 11.1. The first kappa shape index (κ1) is 22.9. The summed E-state index contributed by atoms with van der Waals surface area (Å²) in [4.78, 5) is 13.5. The van der Waals surface area contributed by atoms with Gasteiger partial charge in [0.05, 0.1) is 45.3 Å². The Morgan fingerprint density at radius 1 is 1.28 bits per heavy atom. The van der Waals surface area contributed by atoms with Crippen molar-refractivity contribution in [3.8, 4) is 23.2 Å². The van der Waals surface area contributed by atoms with Crippen LogP contribution in [0.4, 0.5) is 0 Å². The fourth-order valence-corrected chi connectivity index (χ4v) is 5.20. The average Bonchev–Trinajstić information content (AvgIpc) is 2.93. The molecule has 1 N–H and O–H groups in total. The Morgan fingerprint density at radius 2 is 2.08 bits per heavy atom. The quantitative estimate of drug-likeness (QED) is 0.488. The van der Waals surface area contributed by atoms with Crippen molar-refractivity contribution in [2.45, 2.75) is 64.0 Å². The lowest BCUT2D eigenvalue weighted by Crippen LogP contribution is -2.41. The summed E-state index contributed by atoms with van der Waals surface area (Å²) >= 11 is 6.51. The minimum Gasteiger partial charge on any atom is -0.475 e. The second kappa shape index (κ2) is 12.8. The lowest BCUT2D eigenvalue weighted by molar-refractivity contribution is 0.0182. The lowest BCUT2D eigenvalue weighted by atomic mass is 9.83. The van der Waals surface area contributed by atoms with Crippen LogP contribution in [0.5, 0.6) is 5.88 Å². The molecule has 0 amide bonds.